The number of hydrogen-bond acceptors (Lipinski definition) is 7. The van der Waals surface area contributed by atoms with E-state index < -0.39 is 0 Å². The number of benzene rings is 1. The number of rotatable bonds is 7. The number of anilines is 1. The third-order valence-electron chi connectivity index (χ3n) is 5.95. The molecular formula is C23H27N5OS3. The molecule has 3 heterocycles. The van der Waals surface area contributed by atoms with Crippen LogP contribution in [0.1, 0.15) is 24.6 Å². The first kappa shape index (κ1) is 21.9. The van der Waals surface area contributed by atoms with Crippen molar-refractivity contribution >= 4 is 45.9 Å². The van der Waals surface area contributed by atoms with E-state index in [2.05, 4.69) is 57.4 Å². The molecule has 6 nitrogen and oxygen atoms in total. The van der Waals surface area contributed by atoms with Crippen molar-refractivity contribution < 1.29 is 4.79 Å². The molecule has 2 fully saturated rings. The number of piperazine rings is 1. The maximum atomic E-state index is 12.0. The first-order valence-corrected chi connectivity index (χ1v) is 13.1. The predicted octanol–water partition coefficient (Wildman–Crippen LogP) is 4.69. The van der Waals surface area contributed by atoms with Crippen molar-refractivity contribution in [2.75, 3.05) is 31.1 Å². The van der Waals surface area contributed by atoms with Gasteiger partial charge in [-0.1, -0.05) is 41.7 Å². The summed E-state index contributed by atoms with van der Waals surface area (Å²) in [6.07, 6.45) is 2.12. The number of amides is 1. The van der Waals surface area contributed by atoms with Crippen molar-refractivity contribution in [3.05, 3.63) is 51.3 Å². The molecule has 0 N–H and O–H groups in total. The normalized spacial score (nSPS) is 17.5. The van der Waals surface area contributed by atoms with Crippen LogP contribution in [0.3, 0.4) is 0 Å². The molecule has 9 heteroatoms. The maximum absolute atomic E-state index is 12.0. The summed E-state index contributed by atoms with van der Waals surface area (Å²) in [6, 6.07) is 15.4. The van der Waals surface area contributed by atoms with Gasteiger partial charge in [0.2, 0.25) is 11.0 Å². The summed E-state index contributed by atoms with van der Waals surface area (Å²) in [6.45, 7) is 7.35. The molecule has 1 aliphatic carbocycles. The van der Waals surface area contributed by atoms with E-state index in [1.54, 1.807) is 6.92 Å². The van der Waals surface area contributed by atoms with Crippen LogP contribution in [0, 0.1) is 3.95 Å². The Morgan fingerprint density at radius 3 is 2.47 bits per heavy atom. The van der Waals surface area contributed by atoms with Crippen molar-refractivity contribution in [3.63, 3.8) is 0 Å². The fraction of sp³-hybridized carbons (Fsp3) is 0.435. The summed E-state index contributed by atoms with van der Waals surface area (Å²) < 4.78 is 2.62. The van der Waals surface area contributed by atoms with Crippen molar-refractivity contribution in [1.82, 2.24) is 19.6 Å². The predicted molar refractivity (Wildman–Crippen MR) is 134 cm³/mol. The average molecular weight is 486 g/mol. The number of hydrogen-bond donors (Lipinski definition) is 0. The summed E-state index contributed by atoms with van der Waals surface area (Å²) in [4.78, 5) is 21.5. The minimum atomic E-state index is 0.0565. The molecule has 0 radical (unpaired) electrons. The van der Waals surface area contributed by atoms with Crippen LogP contribution in [-0.2, 0) is 18.0 Å². The highest BCUT2D eigenvalue weighted by atomic mass is 32.1. The summed E-state index contributed by atoms with van der Waals surface area (Å²) in [5.74, 6) is 0.0565. The van der Waals surface area contributed by atoms with Crippen molar-refractivity contribution in [1.29, 1.82) is 0 Å². The second-order valence-electron chi connectivity index (χ2n) is 8.44. The van der Waals surface area contributed by atoms with Gasteiger partial charge >= 0.3 is 0 Å². The highest BCUT2D eigenvalue weighted by molar-refractivity contribution is 7.73. The van der Waals surface area contributed by atoms with Crippen LogP contribution in [0.4, 0.5) is 5.13 Å². The lowest BCUT2D eigenvalue weighted by Gasteiger charge is -2.34. The lowest BCUT2D eigenvalue weighted by atomic mass is 10.2. The number of thiophene rings is 1. The summed E-state index contributed by atoms with van der Waals surface area (Å²) in [5, 5.41) is 5.43. The molecule has 1 saturated heterocycles. The van der Waals surface area contributed by atoms with Crippen LogP contribution in [0.2, 0.25) is 0 Å². The van der Waals surface area contributed by atoms with E-state index in [9.17, 15) is 4.79 Å². The molecule has 2 aliphatic rings. The smallest absolute Gasteiger partial charge is 0.225 e. The van der Waals surface area contributed by atoms with E-state index in [4.69, 9.17) is 12.2 Å². The number of aromatic nitrogens is 2. The zero-order valence-electron chi connectivity index (χ0n) is 18.1. The fourth-order valence-electron chi connectivity index (χ4n) is 4.08. The van der Waals surface area contributed by atoms with Gasteiger partial charge in [0, 0.05) is 55.4 Å². The molecular weight excluding hydrogens is 458 g/mol. The van der Waals surface area contributed by atoms with Gasteiger partial charge in [0.15, 0.2) is 3.95 Å². The number of carbonyl (C=O) groups is 1. The summed E-state index contributed by atoms with van der Waals surface area (Å²) in [7, 11) is 0. The van der Waals surface area contributed by atoms with Crippen LogP contribution in [0.15, 0.2) is 42.5 Å². The van der Waals surface area contributed by atoms with Gasteiger partial charge in [-0.3, -0.25) is 19.5 Å². The van der Waals surface area contributed by atoms with Gasteiger partial charge < -0.3 is 0 Å². The Morgan fingerprint density at radius 1 is 1.06 bits per heavy atom. The molecule has 1 aliphatic heterocycles. The maximum Gasteiger partial charge on any atom is 0.225 e. The molecule has 0 spiro atoms. The van der Waals surface area contributed by atoms with Gasteiger partial charge in [-0.15, -0.1) is 16.4 Å². The largest absolute Gasteiger partial charge is 0.296 e. The molecule has 3 aromatic rings. The molecule has 2 aromatic heterocycles. The van der Waals surface area contributed by atoms with Gasteiger partial charge in [-0.05, 0) is 42.8 Å². The Hall–Kier alpha value is -1.91. The molecule has 168 valence electrons. The standard InChI is InChI=1S/C23H27N5OS3/c1-17(29)28(19-7-8-19)22-24-27(23(30)32-22)16-26-13-11-25(12-14-26)15-20-9-10-21(31-20)18-5-3-2-4-6-18/h2-6,9-10,19H,7-8,11-16H2,1H3. The second-order valence-corrected chi connectivity index (χ2v) is 11.2. The van der Waals surface area contributed by atoms with Gasteiger partial charge in [0.25, 0.3) is 0 Å². The van der Waals surface area contributed by atoms with Gasteiger partial charge in [-0.2, -0.15) is 0 Å². The Labute approximate surface area is 201 Å². The first-order chi connectivity index (χ1) is 15.6. The van der Waals surface area contributed by atoms with E-state index in [0.29, 0.717) is 12.7 Å². The van der Waals surface area contributed by atoms with Crippen molar-refractivity contribution in [2.45, 2.75) is 39.0 Å². The lowest BCUT2D eigenvalue weighted by molar-refractivity contribution is -0.116. The summed E-state index contributed by atoms with van der Waals surface area (Å²) in [5.41, 5.74) is 1.29. The van der Waals surface area contributed by atoms with Crippen LogP contribution in [0.25, 0.3) is 10.4 Å². The molecule has 1 amide bonds. The van der Waals surface area contributed by atoms with Gasteiger partial charge in [0.1, 0.15) is 0 Å². The van der Waals surface area contributed by atoms with Crippen LogP contribution < -0.4 is 4.90 Å². The third kappa shape index (κ3) is 5.02. The quantitative estimate of drug-likeness (QED) is 0.454. The zero-order valence-corrected chi connectivity index (χ0v) is 20.6. The number of nitrogens with zero attached hydrogens (tertiary/aromatic N) is 5. The first-order valence-electron chi connectivity index (χ1n) is 11.0. The van der Waals surface area contributed by atoms with Crippen LogP contribution >= 0.6 is 34.9 Å². The molecule has 0 atom stereocenters. The molecule has 1 aromatic carbocycles. The number of carbonyl (C=O) groups excluding carboxylic acids is 1. The van der Waals surface area contributed by atoms with E-state index >= 15 is 0 Å². The van der Waals surface area contributed by atoms with Crippen LogP contribution in [-0.4, -0.2) is 57.7 Å². The van der Waals surface area contributed by atoms with Crippen molar-refractivity contribution in [2.24, 2.45) is 0 Å². The molecule has 5 rings (SSSR count). The molecule has 0 bridgehead atoms. The minimum absolute atomic E-state index is 0.0565. The average Bonchev–Trinajstić information content (AvgIpc) is 3.39. The van der Waals surface area contributed by atoms with Gasteiger partial charge in [-0.25, -0.2) is 4.68 Å². The van der Waals surface area contributed by atoms with E-state index in [1.165, 1.54) is 26.7 Å². The highest BCUT2D eigenvalue weighted by Crippen LogP contribution is 2.33. The van der Waals surface area contributed by atoms with Crippen molar-refractivity contribution in [3.8, 4) is 10.4 Å². The molecule has 0 unspecified atom stereocenters. The van der Waals surface area contributed by atoms with Crippen LogP contribution in [0.5, 0.6) is 0 Å². The Balaban J connectivity index is 1.15. The van der Waals surface area contributed by atoms with E-state index in [1.807, 2.05) is 20.9 Å². The zero-order chi connectivity index (χ0) is 22.1. The fourth-order valence-corrected chi connectivity index (χ4v) is 6.34. The van der Waals surface area contributed by atoms with Gasteiger partial charge in [0.05, 0.1) is 6.67 Å². The lowest BCUT2D eigenvalue weighted by Crippen LogP contribution is -2.46. The summed E-state index contributed by atoms with van der Waals surface area (Å²) >= 11 is 8.88. The third-order valence-corrected chi connectivity index (χ3v) is 8.38. The highest BCUT2D eigenvalue weighted by Gasteiger charge is 2.34. The minimum Gasteiger partial charge on any atom is -0.296 e. The van der Waals surface area contributed by atoms with E-state index in [-0.39, 0.29) is 5.91 Å². The SMILES string of the molecule is CC(=O)N(c1nn(CN2CCN(Cc3ccc(-c4ccccc4)s3)CC2)c(=S)s1)C1CC1. The molecule has 1 saturated carbocycles. The Morgan fingerprint density at radius 2 is 1.78 bits per heavy atom. The Bertz CT molecular complexity index is 1130. The molecule has 32 heavy (non-hydrogen) atoms. The monoisotopic (exact) mass is 485 g/mol. The second kappa shape index (κ2) is 9.52. The topological polar surface area (TPSA) is 44.6 Å². The van der Waals surface area contributed by atoms with E-state index in [0.717, 1.165) is 54.7 Å². The Kier molecular flexibility index (Phi) is 6.52.